The molecule has 0 bridgehead atoms. The summed E-state index contributed by atoms with van der Waals surface area (Å²) in [5.41, 5.74) is 4.65. The first-order chi connectivity index (χ1) is 12.0. The monoisotopic (exact) mass is 373 g/mol. The van der Waals surface area contributed by atoms with E-state index in [9.17, 15) is 0 Å². The highest BCUT2D eigenvalue weighted by Gasteiger charge is 2.19. The molecule has 0 radical (unpaired) electrons. The third-order valence-corrected chi connectivity index (χ3v) is 5.14. The van der Waals surface area contributed by atoms with Gasteiger partial charge in [-0.15, -0.1) is 0 Å². The van der Waals surface area contributed by atoms with Crippen molar-refractivity contribution in [2.45, 2.75) is 26.8 Å². The maximum absolute atomic E-state index is 6.08. The second-order valence-electron chi connectivity index (χ2n) is 6.74. The summed E-state index contributed by atoms with van der Waals surface area (Å²) in [5.74, 6) is 0. The molecular weight excluding hydrogens is 350 g/mol. The number of aryl methyl sites for hydroxylation is 2. The van der Waals surface area contributed by atoms with Gasteiger partial charge in [0.1, 0.15) is 0 Å². The summed E-state index contributed by atoms with van der Waals surface area (Å²) in [6, 6.07) is 12.3. The largest absolute Gasteiger partial charge is 0.363 e. The average molecular weight is 374 g/mol. The van der Waals surface area contributed by atoms with Crippen molar-refractivity contribution in [2.24, 2.45) is 0 Å². The number of pyridine rings is 1. The molecule has 0 N–H and O–H groups in total. The summed E-state index contributed by atoms with van der Waals surface area (Å²) >= 11 is 11.8. The van der Waals surface area contributed by atoms with Gasteiger partial charge < -0.3 is 4.90 Å². The number of piperazine rings is 1. The normalized spacial score (nSPS) is 15.4. The van der Waals surface area contributed by atoms with Crippen molar-refractivity contribution in [3.63, 3.8) is 0 Å². The van der Waals surface area contributed by atoms with E-state index in [1.165, 1.54) is 11.1 Å². The topological polar surface area (TPSA) is 19.4 Å². The van der Waals surface area contributed by atoms with Gasteiger partial charge in [0, 0.05) is 55.6 Å². The Bertz CT molecular complexity index is 734. The molecule has 1 saturated heterocycles. The quantitative estimate of drug-likeness (QED) is 0.753. The molecule has 0 spiro atoms. The molecule has 2 heterocycles. The van der Waals surface area contributed by atoms with Crippen LogP contribution in [0.2, 0.25) is 5.02 Å². The van der Waals surface area contributed by atoms with E-state index in [4.69, 9.17) is 23.8 Å². The van der Waals surface area contributed by atoms with E-state index in [1.54, 1.807) is 0 Å². The average Bonchev–Trinajstić information content (AvgIpc) is 2.54. The Labute approximate surface area is 160 Å². The molecule has 0 aliphatic carbocycles. The fourth-order valence-corrected chi connectivity index (χ4v) is 3.87. The highest BCUT2D eigenvalue weighted by Crippen LogP contribution is 2.15. The lowest BCUT2D eigenvalue weighted by atomic mass is 10.1. The van der Waals surface area contributed by atoms with Crippen LogP contribution in [0.4, 0.5) is 0 Å². The van der Waals surface area contributed by atoms with Crippen LogP contribution in [-0.4, -0.2) is 46.0 Å². The van der Waals surface area contributed by atoms with Crippen LogP contribution >= 0.6 is 23.8 Å². The molecular formula is C20H24ClN3S. The summed E-state index contributed by atoms with van der Waals surface area (Å²) in [4.78, 5) is 10.4. The lowest BCUT2D eigenvalue weighted by Crippen LogP contribution is -2.48. The number of aromatic nitrogens is 1. The molecule has 1 aliphatic heterocycles. The summed E-state index contributed by atoms with van der Waals surface area (Å²) in [7, 11) is 0. The second-order valence-corrected chi connectivity index (χ2v) is 7.65. The lowest BCUT2D eigenvalue weighted by molar-refractivity contribution is 0.176. The minimum Gasteiger partial charge on any atom is -0.363 e. The Morgan fingerprint density at radius 3 is 2.56 bits per heavy atom. The van der Waals surface area contributed by atoms with Crippen LogP contribution in [0.15, 0.2) is 36.4 Å². The minimum atomic E-state index is 0.756. The van der Waals surface area contributed by atoms with E-state index in [1.807, 2.05) is 25.1 Å². The molecule has 0 unspecified atom stereocenters. The fraction of sp³-hybridized carbons (Fsp3) is 0.400. The predicted molar refractivity (Wildman–Crippen MR) is 108 cm³/mol. The molecule has 3 rings (SSSR count). The van der Waals surface area contributed by atoms with Gasteiger partial charge in [-0.2, -0.15) is 0 Å². The third-order valence-electron chi connectivity index (χ3n) is 4.50. The molecule has 1 fully saturated rings. The first-order valence-electron chi connectivity index (χ1n) is 8.68. The molecule has 0 atom stereocenters. The minimum absolute atomic E-state index is 0.756. The number of rotatable bonds is 4. The van der Waals surface area contributed by atoms with Crippen molar-refractivity contribution >= 4 is 28.8 Å². The summed E-state index contributed by atoms with van der Waals surface area (Å²) in [6.45, 7) is 9.08. The Morgan fingerprint density at radius 2 is 1.88 bits per heavy atom. The zero-order valence-electron chi connectivity index (χ0n) is 14.8. The van der Waals surface area contributed by atoms with Gasteiger partial charge in [-0.1, -0.05) is 36.0 Å². The van der Waals surface area contributed by atoms with Gasteiger partial charge in [-0.05, 0) is 49.2 Å². The maximum Gasteiger partial charge on any atom is 0.0840 e. The van der Waals surface area contributed by atoms with E-state index < -0.39 is 0 Å². The first kappa shape index (κ1) is 18.3. The fourth-order valence-electron chi connectivity index (χ4n) is 3.33. The van der Waals surface area contributed by atoms with Crippen molar-refractivity contribution < 1.29 is 0 Å². The number of halogens is 1. The maximum atomic E-state index is 6.08. The standard InChI is InChI=1S/C20H24ClN3S/c1-15-10-16(2)22-19(11-15)13-20(25)24-8-6-23(7-9-24)14-17-4-3-5-18(21)12-17/h3-5,10-12H,6-9,13-14H2,1-2H3. The second kappa shape index (κ2) is 8.26. The lowest BCUT2D eigenvalue weighted by Gasteiger charge is -2.36. The van der Waals surface area contributed by atoms with Gasteiger partial charge in [0.2, 0.25) is 0 Å². The van der Waals surface area contributed by atoms with Crippen molar-refractivity contribution in [1.29, 1.82) is 0 Å². The number of hydrogen-bond acceptors (Lipinski definition) is 3. The van der Waals surface area contributed by atoms with Gasteiger partial charge in [-0.25, -0.2) is 0 Å². The molecule has 1 aromatic heterocycles. The molecule has 1 aromatic carbocycles. The van der Waals surface area contributed by atoms with Gasteiger partial charge in [0.05, 0.1) is 4.99 Å². The van der Waals surface area contributed by atoms with E-state index in [0.29, 0.717) is 0 Å². The van der Waals surface area contributed by atoms with Crippen molar-refractivity contribution in [3.05, 3.63) is 63.9 Å². The molecule has 25 heavy (non-hydrogen) atoms. The summed E-state index contributed by atoms with van der Waals surface area (Å²) in [6.07, 6.45) is 0.756. The summed E-state index contributed by atoms with van der Waals surface area (Å²) < 4.78 is 0. The molecule has 3 nitrogen and oxygen atoms in total. The van der Waals surface area contributed by atoms with Crippen LogP contribution < -0.4 is 0 Å². The van der Waals surface area contributed by atoms with Crippen molar-refractivity contribution in [1.82, 2.24) is 14.8 Å². The zero-order valence-corrected chi connectivity index (χ0v) is 16.4. The Balaban J connectivity index is 1.52. The predicted octanol–water partition coefficient (Wildman–Crippen LogP) is 4.04. The molecule has 0 saturated carbocycles. The highest BCUT2D eigenvalue weighted by atomic mass is 35.5. The van der Waals surface area contributed by atoms with Crippen molar-refractivity contribution in [2.75, 3.05) is 26.2 Å². The Morgan fingerprint density at radius 1 is 1.12 bits per heavy atom. The van der Waals surface area contributed by atoms with E-state index in [-0.39, 0.29) is 0 Å². The number of benzene rings is 1. The smallest absolute Gasteiger partial charge is 0.0840 e. The van der Waals surface area contributed by atoms with Crippen molar-refractivity contribution in [3.8, 4) is 0 Å². The van der Waals surface area contributed by atoms with Crippen LogP contribution in [0, 0.1) is 13.8 Å². The van der Waals surface area contributed by atoms with Crippen LogP contribution in [0.3, 0.4) is 0 Å². The highest BCUT2D eigenvalue weighted by molar-refractivity contribution is 7.80. The van der Waals surface area contributed by atoms with Crippen LogP contribution in [0.5, 0.6) is 0 Å². The van der Waals surface area contributed by atoms with Gasteiger partial charge in [0.15, 0.2) is 0 Å². The Kier molecular flexibility index (Phi) is 6.05. The zero-order chi connectivity index (χ0) is 17.8. The van der Waals surface area contributed by atoms with Gasteiger partial charge in [-0.3, -0.25) is 9.88 Å². The first-order valence-corrected chi connectivity index (χ1v) is 9.47. The number of hydrogen-bond donors (Lipinski definition) is 0. The van der Waals surface area contributed by atoms with Gasteiger partial charge in [0.25, 0.3) is 0 Å². The van der Waals surface area contributed by atoms with Crippen LogP contribution in [0.25, 0.3) is 0 Å². The van der Waals surface area contributed by atoms with Gasteiger partial charge >= 0.3 is 0 Å². The van der Waals surface area contributed by atoms with E-state index in [2.05, 4.69) is 39.9 Å². The van der Waals surface area contributed by atoms with E-state index >= 15 is 0 Å². The number of thiocarbonyl (C=S) groups is 1. The molecule has 0 amide bonds. The molecule has 132 valence electrons. The summed E-state index contributed by atoms with van der Waals surface area (Å²) in [5, 5.41) is 0.804. The Hall–Kier alpha value is -1.49. The number of nitrogens with zero attached hydrogens (tertiary/aromatic N) is 3. The molecule has 1 aliphatic rings. The van der Waals surface area contributed by atoms with Crippen LogP contribution in [-0.2, 0) is 13.0 Å². The SMILES string of the molecule is Cc1cc(C)nc(CC(=S)N2CCN(Cc3cccc(Cl)c3)CC2)c1. The van der Waals surface area contributed by atoms with E-state index in [0.717, 1.165) is 60.5 Å². The third kappa shape index (κ3) is 5.24. The molecule has 2 aromatic rings. The molecule has 5 heteroatoms. The van der Waals surface area contributed by atoms with Crippen LogP contribution in [0.1, 0.15) is 22.5 Å².